The molecule has 0 unspecified atom stereocenters. The predicted molar refractivity (Wildman–Crippen MR) is 59.2 cm³/mol. The first-order valence-corrected chi connectivity index (χ1v) is 4.98. The molecule has 4 heteroatoms. The van der Waals surface area contributed by atoms with E-state index in [1.165, 1.54) is 0 Å². The van der Waals surface area contributed by atoms with E-state index in [1.54, 1.807) is 18.2 Å². The molecule has 4 nitrogen and oxygen atoms in total. The zero-order chi connectivity index (χ0) is 11.2. The number of nitro groups is 1. The summed E-state index contributed by atoms with van der Waals surface area (Å²) in [6.45, 7) is 6.28. The maximum absolute atomic E-state index is 10.7. The summed E-state index contributed by atoms with van der Waals surface area (Å²) in [6.07, 6.45) is 0. The summed E-state index contributed by atoms with van der Waals surface area (Å²) < 4.78 is 0. The molecule has 0 aromatic heterocycles. The minimum Gasteiger partial charge on any atom is -0.381 e. The molecule has 0 spiro atoms. The van der Waals surface area contributed by atoms with Gasteiger partial charge < -0.3 is 5.32 Å². The van der Waals surface area contributed by atoms with Crippen LogP contribution >= 0.6 is 0 Å². The fourth-order valence-corrected chi connectivity index (χ4v) is 1.95. The lowest BCUT2D eigenvalue weighted by Crippen LogP contribution is -2.29. The van der Waals surface area contributed by atoms with E-state index in [-0.39, 0.29) is 16.0 Å². The Morgan fingerprint density at radius 1 is 1.47 bits per heavy atom. The van der Waals surface area contributed by atoms with Gasteiger partial charge in [-0.1, -0.05) is 13.8 Å². The molecule has 1 aliphatic heterocycles. The Hall–Kier alpha value is -1.58. The number of benzene rings is 1. The highest BCUT2D eigenvalue weighted by Gasteiger charge is 2.37. The lowest BCUT2D eigenvalue weighted by Gasteiger charge is -2.23. The van der Waals surface area contributed by atoms with Crippen molar-refractivity contribution in [2.75, 3.05) is 5.32 Å². The van der Waals surface area contributed by atoms with Crippen LogP contribution in [0.5, 0.6) is 0 Å². The van der Waals surface area contributed by atoms with Crippen LogP contribution in [0.4, 0.5) is 11.4 Å². The monoisotopic (exact) mass is 206 g/mol. The Balaban J connectivity index is 2.55. The third-order valence-electron chi connectivity index (χ3n) is 3.36. The van der Waals surface area contributed by atoms with Crippen molar-refractivity contribution in [3.63, 3.8) is 0 Å². The number of nitro benzene ring substituents is 1. The number of nitrogens with zero attached hydrogens (tertiary/aromatic N) is 1. The van der Waals surface area contributed by atoms with Gasteiger partial charge in [0.15, 0.2) is 0 Å². The van der Waals surface area contributed by atoms with Gasteiger partial charge in [-0.15, -0.1) is 0 Å². The van der Waals surface area contributed by atoms with Gasteiger partial charge in [0.05, 0.1) is 4.92 Å². The van der Waals surface area contributed by atoms with E-state index in [1.807, 2.05) is 0 Å². The smallest absolute Gasteiger partial charge is 0.269 e. The minimum absolute atomic E-state index is 0.0542. The Labute approximate surface area is 88.5 Å². The Kier molecular flexibility index (Phi) is 1.96. The Morgan fingerprint density at radius 2 is 2.13 bits per heavy atom. The summed E-state index contributed by atoms with van der Waals surface area (Å²) in [7, 11) is 0. The summed E-state index contributed by atoms with van der Waals surface area (Å²) >= 11 is 0. The molecule has 0 amide bonds. The van der Waals surface area contributed by atoms with Crippen molar-refractivity contribution < 1.29 is 4.92 Å². The largest absolute Gasteiger partial charge is 0.381 e. The number of non-ortho nitro benzene ring substituents is 1. The Morgan fingerprint density at radius 3 is 2.73 bits per heavy atom. The first-order chi connectivity index (χ1) is 6.93. The highest BCUT2D eigenvalue weighted by molar-refractivity contribution is 5.64. The average molecular weight is 206 g/mol. The number of hydrogen-bond donors (Lipinski definition) is 1. The number of rotatable bonds is 1. The highest BCUT2D eigenvalue weighted by atomic mass is 16.6. The molecule has 0 radical (unpaired) electrons. The van der Waals surface area contributed by atoms with Crippen molar-refractivity contribution in [1.29, 1.82) is 0 Å². The average Bonchev–Trinajstić information content (AvgIpc) is 2.38. The first-order valence-electron chi connectivity index (χ1n) is 4.98. The van der Waals surface area contributed by atoms with Gasteiger partial charge in [0.1, 0.15) is 0 Å². The maximum atomic E-state index is 10.7. The maximum Gasteiger partial charge on any atom is 0.269 e. The van der Waals surface area contributed by atoms with Gasteiger partial charge in [0.2, 0.25) is 0 Å². The molecule has 1 aliphatic rings. The zero-order valence-electron chi connectivity index (χ0n) is 9.07. The van der Waals surface area contributed by atoms with Crippen LogP contribution in [0.15, 0.2) is 18.2 Å². The van der Waals surface area contributed by atoms with Gasteiger partial charge in [0, 0.05) is 29.3 Å². The molecule has 1 aromatic carbocycles. The van der Waals surface area contributed by atoms with E-state index in [2.05, 4.69) is 26.1 Å². The van der Waals surface area contributed by atoms with Crippen LogP contribution in [0.1, 0.15) is 26.3 Å². The van der Waals surface area contributed by atoms with Crippen LogP contribution < -0.4 is 5.32 Å². The minimum atomic E-state index is -0.348. The summed E-state index contributed by atoms with van der Waals surface area (Å²) in [5.41, 5.74) is 2.15. The molecule has 1 aromatic rings. The van der Waals surface area contributed by atoms with E-state index in [4.69, 9.17) is 0 Å². The topological polar surface area (TPSA) is 55.2 Å². The van der Waals surface area contributed by atoms with Crippen molar-refractivity contribution in [3.05, 3.63) is 33.9 Å². The standard InChI is InChI=1S/C11H14N2O2/c1-7-11(2,3)9-6-8(13(14)15)4-5-10(9)12-7/h4-7,12H,1-3H3/t7-/m0/s1. The van der Waals surface area contributed by atoms with E-state index in [0.717, 1.165) is 11.3 Å². The van der Waals surface area contributed by atoms with Crippen LogP contribution in [0, 0.1) is 10.1 Å². The van der Waals surface area contributed by atoms with Gasteiger partial charge in [-0.2, -0.15) is 0 Å². The lowest BCUT2D eigenvalue weighted by molar-refractivity contribution is -0.384. The third-order valence-corrected chi connectivity index (χ3v) is 3.36. The number of hydrogen-bond acceptors (Lipinski definition) is 3. The summed E-state index contributed by atoms with van der Waals surface area (Å²) in [4.78, 5) is 10.3. The molecule has 0 bridgehead atoms. The molecule has 0 fully saturated rings. The van der Waals surface area contributed by atoms with Crippen molar-refractivity contribution in [2.24, 2.45) is 0 Å². The Bertz CT molecular complexity index is 427. The third kappa shape index (κ3) is 1.37. The van der Waals surface area contributed by atoms with Crippen molar-refractivity contribution in [3.8, 4) is 0 Å². The van der Waals surface area contributed by atoms with E-state index < -0.39 is 0 Å². The van der Waals surface area contributed by atoms with Gasteiger partial charge in [-0.3, -0.25) is 10.1 Å². The molecule has 2 rings (SSSR count). The van der Waals surface area contributed by atoms with Crippen LogP contribution in [-0.4, -0.2) is 11.0 Å². The van der Waals surface area contributed by atoms with Gasteiger partial charge >= 0.3 is 0 Å². The fourth-order valence-electron chi connectivity index (χ4n) is 1.95. The molecule has 0 aliphatic carbocycles. The van der Waals surface area contributed by atoms with Crippen LogP contribution in [0.3, 0.4) is 0 Å². The zero-order valence-corrected chi connectivity index (χ0v) is 9.07. The predicted octanol–water partition coefficient (Wildman–Crippen LogP) is 2.69. The molecule has 15 heavy (non-hydrogen) atoms. The molecular weight excluding hydrogens is 192 g/mol. The van der Waals surface area contributed by atoms with Crippen LogP contribution in [0.25, 0.3) is 0 Å². The second-order valence-corrected chi connectivity index (χ2v) is 4.57. The van der Waals surface area contributed by atoms with Crippen molar-refractivity contribution in [1.82, 2.24) is 0 Å². The second-order valence-electron chi connectivity index (χ2n) is 4.57. The fraction of sp³-hybridized carbons (Fsp3) is 0.455. The molecular formula is C11H14N2O2. The first kappa shape index (κ1) is 9.96. The van der Waals surface area contributed by atoms with E-state index in [0.29, 0.717) is 6.04 Å². The van der Waals surface area contributed by atoms with Crippen molar-refractivity contribution in [2.45, 2.75) is 32.2 Å². The second kappa shape index (κ2) is 2.95. The van der Waals surface area contributed by atoms with Gasteiger partial charge in [0.25, 0.3) is 5.69 Å². The molecule has 0 saturated heterocycles. The summed E-state index contributed by atoms with van der Waals surface area (Å²) in [6, 6.07) is 5.30. The summed E-state index contributed by atoms with van der Waals surface area (Å²) in [5.74, 6) is 0. The SMILES string of the molecule is C[C@@H]1Nc2ccc([N+](=O)[O-])cc2C1(C)C. The van der Waals surface area contributed by atoms with Crippen LogP contribution in [-0.2, 0) is 5.41 Å². The quantitative estimate of drug-likeness (QED) is 0.567. The van der Waals surface area contributed by atoms with Crippen LogP contribution in [0.2, 0.25) is 0 Å². The molecule has 1 N–H and O–H groups in total. The lowest BCUT2D eigenvalue weighted by atomic mass is 9.81. The van der Waals surface area contributed by atoms with Gasteiger partial charge in [-0.05, 0) is 18.6 Å². The molecule has 1 atom stereocenters. The molecule has 80 valence electrons. The van der Waals surface area contributed by atoms with Crippen molar-refractivity contribution >= 4 is 11.4 Å². The highest BCUT2D eigenvalue weighted by Crippen LogP contribution is 2.41. The van der Waals surface area contributed by atoms with Gasteiger partial charge in [-0.25, -0.2) is 0 Å². The number of nitrogens with one attached hydrogen (secondary N) is 1. The number of fused-ring (bicyclic) bond motifs is 1. The molecule has 1 heterocycles. The van der Waals surface area contributed by atoms with E-state index >= 15 is 0 Å². The number of anilines is 1. The van der Waals surface area contributed by atoms with E-state index in [9.17, 15) is 10.1 Å². The molecule has 0 saturated carbocycles. The normalized spacial score (nSPS) is 21.9. The summed E-state index contributed by atoms with van der Waals surface area (Å²) in [5, 5.41) is 14.0.